The fourth-order valence-electron chi connectivity index (χ4n) is 3.97. The summed E-state index contributed by atoms with van der Waals surface area (Å²) in [7, 11) is 4.29. The summed E-state index contributed by atoms with van der Waals surface area (Å²) in [6, 6.07) is 1.42. The van der Waals surface area contributed by atoms with Gasteiger partial charge in [-0.1, -0.05) is 19.8 Å². The van der Waals surface area contributed by atoms with E-state index in [0.29, 0.717) is 6.04 Å². The Morgan fingerprint density at radius 1 is 1.28 bits per heavy atom. The van der Waals surface area contributed by atoms with Crippen LogP contribution in [0.2, 0.25) is 0 Å². The smallest absolute Gasteiger partial charge is 0.0613 e. The van der Waals surface area contributed by atoms with Crippen LogP contribution in [-0.4, -0.2) is 48.3 Å². The molecule has 0 heterocycles. The highest BCUT2D eigenvalue weighted by atomic mass is 16.3. The van der Waals surface area contributed by atoms with E-state index < -0.39 is 0 Å². The van der Waals surface area contributed by atoms with Crippen LogP contribution in [0.3, 0.4) is 0 Å². The molecule has 0 aromatic heterocycles. The molecular weight excluding hydrogens is 224 g/mol. The molecule has 2 aliphatic rings. The van der Waals surface area contributed by atoms with Gasteiger partial charge in [0.15, 0.2) is 0 Å². The molecule has 0 aliphatic heterocycles. The SMILES string of the molecule is CNC1(CO)CCC(N(C)C2CCCC(C)C2)C1. The van der Waals surface area contributed by atoms with Crippen molar-refractivity contribution in [2.75, 3.05) is 20.7 Å². The normalized spacial score (nSPS) is 41.5. The van der Waals surface area contributed by atoms with Crippen LogP contribution in [0.5, 0.6) is 0 Å². The molecular formula is C15H30N2O. The molecule has 0 radical (unpaired) electrons. The van der Waals surface area contributed by atoms with E-state index in [9.17, 15) is 5.11 Å². The Labute approximate surface area is 112 Å². The van der Waals surface area contributed by atoms with Crippen molar-refractivity contribution < 1.29 is 5.11 Å². The maximum Gasteiger partial charge on any atom is 0.0613 e. The number of hydrogen-bond acceptors (Lipinski definition) is 3. The summed E-state index contributed by atoms with van der Waals surface area (Å²) in [4.78, 5) is 2.62. The lowest BCUT2D eigenvalue weighted by Gasteiger charge is -2.38. The molecule has 0 aromatic carbocycles. The molecule has 2 rings (SSSR count). The number of rotatable bonds is 4. The Kier molecular flexibility index (Phi) is 4.68. The average Bonchev–Trinajstić information content (AvgIpc) is 2.83. The van der Waals surface area contributed by atoms with Crippen LogP contribution in [0.4, 0.5) is 0 Å². The first-order valence-corrected chi connectivity index (χ1v) is 7.62. The molecule has 0 amide bonds. The minimum absolute atomic E-state index is 0.0147. The largest absolute Gasteiger partial charge is 0.394 e. The van der Waals surface area contributed by atoms with E-state index in [1.54, 1.807) is 0 Å². The molecule has 18 heavy (non-hydrogen) atoms. The van der Waals surface area contributed by atoms with E-state index in [0.717, 1.165) is 24.8 Å². The monoisotopic (exact) mass is 254 g/mol. The summed E-state index contributed by atoms with van der Waals surface area (Å²) in [6.45, 7) is 2.66. The molecule has 4 unspecified atom stereocenters. The van der Waals surface area contributed by atoms with Crippen molar-refractivity contribution in [3.8, 4) is 0 Å². The lowest BCUT2D eigenvalue weighted by Crippen LogP contribution is -2.47. The summed E-state index contributed by atoms with van der Waals surface area (Å²) >= 11 is 0. The van der Waals surface area contributed by atoms with Gasteiger partial charge in [-0.05, 0) is 52.1 Å². The Bertz CT molecular complexity index is 265. The molecule has 0 bridgehead atoms. The van der Waals surface area contributed by atoms with Crippen molar-refractivity contribution in [2.45, 2.75) is 69.5 Å². The molecule has 2 aliphatic carbocycles. The minimum Gasteiger partial charge on any atom is -0.394 e. The summed E-state index contributed by atoms with van der Waals surface area (Å²) in [5.41, 5.74) is -0.0147. The van der Waals surface area contributed by atoms with E-state index in [4.69, 9.17) is 0 Å². The van der Waals surface area contributed by atoms with Crippen LogP contribution in [-0.2, 0) is 0 Å². The Balaban J connectivity index is 1.92. The molecule has 2 saturated carbocycles. The second-order valence-corrected chi connectivity index (χ2v) is 6.68. The predicted octanol–water partition coefficient (Wildman–Crippen LogP) is 2.00. The topological polar surface area (TPSA) is 35.5 Å². The Hall–Kier alpha value is -0.120. The molecule has 3 nitrogen and oxygen atoms in total. The fourth-order valence-corrected chi connectivity index (χ4v) is 3.97. The molecule has 0 aromatic rings. The summed E-state index contributed by atoms with van der Waals surface area (Å²) in [5, 5.41) is 12.9. The predicted molar refractivity (Wildman–Crippen MR) is 75.7 cm³/mol. The summed E-state index contributed by atoms with van der Waals surface area (Å²) < 4.78 is 0. The molecule has 0 spiro atoms. The van der Waals surface area contributed by atoms with E-state index in [1.165, 1.54) is 32.1 Å². The zero-order valence-electron chi connectivity index (χ0n) is 12.3. The first kappa shape index (κ1) is 14.3. The molecule has 4 atom stereocenters. The van der Waals surface area contributed by atoms with Crippen LogP contribution in [0, 0.1) is 5.92 Å². The number of hydrogen-bond donors (Lipinski definition) is 2. The van der Waals surface area contributed by atoms with Crippen molar-refractivity contribution in [3.63, 3.8) is 0 Å². The van der Waals surface area contributed by atoms with Gasteiger partial charge >= 0.3 is 0 Å². The van der Waals surface area contributed by atoms with Gasteiger partial charge in [-0.3, -0.25) is 0 Å². The number of nitrogens with one attached hydrogen (secondary N) is 1. The average molecular weight is 254 g/mol. The summed E-state index contributed by atoms with van der Waals surface area (Å²) in [6.07, 6.45) is 8.95. The first-order valence-electron chi connectivity index (χ1n) is 7.62. The van der Waals surface area contributed by atoms with E-state index >= 15 is 0 Å². The van der Waals surface area contributed by atoms with Crippen molar-refractivity contribution in [1.29, 1.82) is 0 Å². The third-order valence-electron chi connectivity index (χ3n) is 5.48. The second-order valence-electron chi connectivity index (χ2n) is 6.68. The number of aliphatic hydroxyl groups excluding tert-OH is 1. The van der Waals surface area contributed by atoms with Crippen LogP contribution >= 0.6 is 0 Å². The van der Waals surface area contributed by atoms with Crippen LogP contribution < -0.4 is 5.32 Å². The molecule has 106 valence electrons. The van der Waals surface area contributed by atoms with Crippen molar-refractivity contribution in [1.82, 2.24) is 10.2 Å². The Morgan fingerprint density at radius 2 is 2.06 bits per heavy atom. The fraction of sp³-hybridized carbons (Fsp3) is 1.00. The minimum atomic E-state index is -0.0147. The molecule has 3 heteroatoms. The maximum atomic E-state index is 9.59. The zero-order valence-corrected chi connectivity index (χ0v) is 12.3. The van der Waals surface area contributed by atoms with Gasteiger partial charge in [0.05, 0.1) is 6.61 Å². The van der Waals surface area contributed by atoms with E-state index in [-0.39, 0.29) is 12.1 Å². The highest BCUT2D eigenvalue weighted by molar-refractivity contribution is 4.99. The van der Waals surface area contributed by atoms with Crippen molar-refractivity contribution in [3.05, 3.63) is 0 Å². The van der Waals surface area contributed by atoms with Gasteiger partial charge in [0, 0.05) is 17.6 Å². The quantitative estimate of drug-likeness (QED) is 0.805. The summed E-state index contributed by atoms with van der Waals surface area (Å²) in [5.74, 6) is 0.888. The highest BCUT2D eigenvalue weighted by Crippen LogP contribution is 2.36. The molecule has 2 N–H and O–H groups in total. The number of aliphatic hydroxyl groups is 1. The van der Waals surface area contributed by atoms with Gasteiger partial charge in [0.2, 0.25) is 0 Å². The van der Waals surface area contributed by atoms with Gasteiger partial charge in [-0.25, -0.2) is 0 Å². The lowest BCUT2D eigenvalue weighted by molar-refractivity contribution is 0.106. The van der Waals surface area contributed by atoms with Crippen molar-refractivity contribution in [2.24, 2.45) is 5.92 Å². The van der Waals surface area contributed by atoms with Crippen LogP contribution in [0.1, 0.15) is 51.9 Å². The standard InChI is InChI=1S/C15H30N2O/c1-12-5-4-6-13(9-12)17(3)14-7-8-15(10-14,11-18)16-2/h12-14,16,18H,4-11H2,1-3H3. The van der Waals surface area contributed by atoms with Gasteiger partial charge < -0.3 is 15.3 Å². The van der Waals surface area contributed by atoms with Crippen LogP contribution in [0.25, 0.3) is 0 Å². The van der Waals surface area contributed by atoms with Crippen molar-refractivity contribution >= 4 is 0 Å². The van der Waals surface area contributed by atoms with Gasteiger partial charge in [-0.2, -0.15) is 0 Å². The third-order valence-corrected chi connectivity index (χ3v) is 5.48. The lowest BCUT2D eigenvalue weighted by atomic mass is 9.85. The van der Waals surface area contributed by atoms with Crippen LogP contribution in [0.15, 0.2) is 0 Å². The number of nitrogens with zero attached hydrogens (tertiary/aromatic N) is 1. The first-order chi connectivity index (χ1) is 8.60. The second kappa shape index (κ2) is 5.89. The van der Waals surface area contributed by atoms with Gasteiger partial charge in [-0.15, -0.1) is 0 Å². The molecule has 2 fully saturated rings. The third kappa shape index (κ3) is 2.89. The maximum absolute atomic E-state index is 9.59. The van der Waals surface area contributed by atoms with E-state index in [2.05, 4.69) is 24.2 Å². The van der Waals surface area contributed by atoms with Gasteiger partial charge in [0.25, 0.3) is 0 Å². The molecule has 0 saturated heterocycles. The number of likely N-dealkylation sites (N-methyl/N-ethyl adjacent to an activating group) is 1. The van der Waals surface area contributed by atoms with Gasteiger partial charge in [0.1, 0.15) is 0 Å². The highest BCUT2D eigenvalue weighted by Gasteiger charge is 2.40. The zero-order chi connectivity index (χ0) is 13.2. The Morgan fingerprint density at radius 3 is 2.61 bits per heavy atom. The van der Waals surface area contributed by atoms with E-state index in [1.807, 2.05) is 7.05 Å².